The number of benzene rings is 2. The molecule has 1 fully saturated rings. The molecule has 1 aliphatic rings. The van der Waals surface area contributed by atoms with Gasteiger partial charge in [-0.1, -0.05) is 61.4 Å². The van der Waals surface area contributed by atoms with E-state index in [0.29, 0.717) is 24.4 Å². The SMILES string of the molecule is CCOC(=O)/C=C(\Sc1ccc2ccccc2c1)C1(O)CCCCC1. The molecule has 0 bridgehead atoms. The molecular formula is C21H24O3S. The Balaban J connectivity index is 1.91. The highest BCUT2D eigenvalue weighted by molar-refractivity contribution is 8.03. The van der Waals surface area contributed by atoms with Crippen LogP contribution in [0, 0.1) is 0 Å². The van der Waals surface area contributed by atoms with Gasteiger partial charge in [0.15, 0.2) is 0 Å². The van der Waals surface area contributed by atoms with Crippen LogP contribution in [0.15, 0.2) is 58.3 Å². The number of ether oxygens (including phenoxy) is 1. The van der Waals surface area contributed by atoms with Crippen LogP contribution < -0.4 is 0 Å². The number of esters is 1. The molecule has 2 aromatic rings. The molecule has 25 heavy (non-hydrogen) atoms. The van der Waals surface area contributed by atoms with Crippen LogP contribution in [0.25, 0.3) is 10.8 Å². The van der Waals surface area contributed by atoms with E-state index in [1.54, 1.807) is 6.92 Å². The van der Waals surface area contributed by atoms with Crippen LogP contribution in [-0.4, -0.2) is 23.3 Å². The van der Waals surface area contributed by atoms with Crippen LogP contribution >= 0.6 is 11.8 Å². The van der Waals surface area contributed by atoms with Gasteiger partial charge in [-0.05, 0) is 42.7 Å². The summed E-state index contributed by atoms with van der Waals surface area (Å²) < 4.78 is 5.08. The summed E-state index contributed by atoms with van der Waals surface area (Å²) in [6, 6.07) is 14.4. The molecule has 0 heterocycles. The molecule has 0 amide bonds. The van der Waals surface area contributed by atoms with E-state index in [1.807, 2.05) is 18.2 Å². The fourth-order valence-electron chi connectivity index (χ4n) is 3.29. The molecule has 0 aromatic heterocycles. The topological polar surface area (TPSA) is 46.5 Å². The minimum absolute atomic E-state index is 0.335. The maximum absolute atomic E-state index is 12.0. The molecule has 1 N–H and O–H groups in total. The Bertz CT molecular complexity index is 776. The highest BCUT2D eigenvalue weighted by Crippen LogP contribution is 2.43. The van der Waals surface area contributed by atoms with Crippen LogP contribution in [0.2, 0.25) is 0 Å². The molecule has 132 valence electrons. The summed E-state index contributed by atoms with van der Waals surface area (Å²) in [5.41, 5.74) is -0.929. The van der Waals surface area contributed by atoms with Crippen molar-refractivity contribution < 1.29 is 14.6 Å². The molecule has 3 rings (SSSR count). The molecule has 0 spiro atoms. The summed E-state index contributed by atoms with van der Waals surface area (Å²) in [6.07, 6.45) is 5.96. The number of fused-ring (bicyclic) bond motifs is 1. The Kier molecular flexibility index (Phi) is 5.82. The van der Waals surface area contributed by atoms with Crippen molar-refractivity contribution in [1.29, 1.82) is 0 Å². The third-order valence-corrected chi connectivity index (χ3v) is 5.83. The number of rotatable bonds is 5. The van der Waals surface area contributed by atoms with Crippen molar-refractivity contribution in [2.24, 2.45) is 0 Å². The van der Waals surface area contributed by atoms with E-state index in [4.69, 9.17) is 4.74 Å². The van der Waals surface area contributed by atoms with E-state index in [0.717, 1.165) is 29.5 Å². The standard InChI is InChI=1S/C21H24O3S/c1-2-24-20(22)15-19(21(23)12-6-3-7-13-21)25-18-11-10-16-8-4-5-9-17(16)14-18/h4-5,8-11,14-15,23H,2-3,6-7,12-13H2,1H3/b19-15-. The van der Waals surface area contributed by atoms with E-state index in [-0.39, 0.29) is 5.97 Å². The van der Waals surface area contributed by atoms with Gasteiger partial charge >= 0.3 is 5.97 Å². The first-order valence-electron chi connectivity index (χ1n) is 8.89. The predicted molar refractivity (Wildman–Crippen MR) is 103 cm³/mol. The highest BCUT2D eigenvalue weighted by atomic mass is 32.2. The second-order valence-corrected chi connectivity index (χ2v) is 7.58. The zero-order valence-electron chi connectivity index (χ0n) is 14.5. The number of aliphatic hydroxyl groups is 1. The third kappa shape index (κ3) is 4.44. The lowest BCUT2D eigenvalue weighted by molar-refractivity contribution is -0.137. The van der Waals surface area contributed by atoms with Gasteiger partial charge in [0.05, 0.1) is 12.2 Å². The fraction of sp³-hybridized carbons (Fsp3) is 0.381. The van der Waals surface area contributed by atoms with E-state index in [2.05, 4.69) is 24.3 Å². The van der Waals surface area contributed by atoms with Crippen molar-refractivity contribution in [2.45, 2.75) is 49.5 Å². The molecule has 0 unspecified atom stereocenters. The van der Waals surface area contributed by atoms with E-state index in [9.17, 15) is 9.90 Å². The van der Waals surface area contributed by atoms with E-state index < -0.39 is 5.60 Å². The van der Waals surface area contributed by atoms with Crippen molar-refractivity contribution in [3.63, 3.8) is 0 Å². The summed E-state index contributed by atoms with van der Waals surface area (Å²) in [6.45, 7) is 2.12. The molecule has 0 atom stereocenters. The van der Waals surface area contributed by atoms with Crippen LogP contribution in [0.4, 0.5) is 0 Å². The Morgan fingerprint density at radius 2 is 1.88 bits per heavy atom. The van der Waals surface area contributed by atoms with Crippen molar-refractivity contribution >= 4 is 28.5 Å². The van der Waals surface area contributed by atoms with Gasteiger partial charge in [-0.3, -0.25) is 0 Å². The maximum Gasteiger partial charge on any atom is 0.331 e. The van der Waals surface area contributed by atoms with Crippen molar-refractivity contribution in [2.75, 3.05) is 6.61 Å². The lowest BCUT2D eigenvalue weighted by Gasteiger charge is -2.34. The average Bonchev–Trinajstić information content (AvgIpc) is 2.62. The van der Waals surface area contributed by atoms with Crippen molar-refractivity contribution in [1.82, 2.24) is 0 Å². The molecule has 2 aromatic carbocycles. The van der Waals surface area contributed by atoms with Gasteiger partial charge in [-0.25, -0.2) is 4.79 Å². The third-order valence-electron chi connectivity index (χ3n) is 4.62. The van der Waals surface area contributed by atoms with Crippen LogP contribution in [0.5, 0.6) is 0 Å². The van der Waals surface area contributed by atoms with Gasteiger partial charge in [0.2, 0.25) is 0 Å². The van der Waals surface area contributed by atoms with E-state index in [1.165, 1.54) is 23.2 Å². The average molecular weight is 356 g/mol. The summed E-state index contributed by atoms with van der Waals surface area (Å²) in [7, 11) is 0. The first kappa shape index (κ1) is 18.0. The Morgan fingerprint density at radius 1 is 1.16 bits per heavy atom. The molecule has 3 nitrogen and oxygen atoms in total. The second kappa shape index (κ2) is 8.07. The molecule has 4 heteroatoms. The Morgan fingerprint density at radius 3 is 2.60 bits per heavy atom. The molecular weight excluding hydrogens is 332 g/mol. The van der Waals surface area contributed by atoms with Gasteiger partial charge in [-0.15, -0.1) is 0 Å². The van der Waals surface area contributed by atoms with Gasteiger partial charge in [0.1, 0.15) is 0 Å². The Labute approximate surface area is 153 Å². The van der Waals surface area contributed by atoms with Gasteiger partial charge in [0.25, 0.3) is 0 Å². The summed E-state index contributed by atoms with van der Waals surface area (Å²) in [5.74, 6) is -0.384. The minimum Gasteiger partial charge on any atom is -0.463 e. The zero-order chi connectivity index (χ0) is 17.7. The lowest BCUT2D eigenvalue weighted by atomic mass is 9.84. The summed E-state index contributed by atoms with van der Waals surface area (Å²) in [5, 5.41) is 13.5. The predicted octanol–water partition coefficient (Wildman–Crippen LogP) is 5.07. The lowest BCUT2D eigenvalue weighted by Crippen LogP contribution is -2.33. The molecule has 0 radical (unpaired) electrons. The normalized spacial score (nSPS) is 17.4. The number of hydrogen-bond acceptors (Lipinski definition) is 4. The number of carbonyl (C=O) groups is 1. The quantitative estimate of drug-likeness (QED) is 0.461. The van der Waals surface area contributed by atoms with Crippen molar-refractivity contribution in [3.8, 4) is 0 Å². The highest BCUT2D eigenvalue weighted by Gasteiger charge is 2.34. The number of hydrogen-bond donors (Lipinski definition) is 1. The second-order valence-electron chi connectivity index (χ2n) is 6.46. The Hall–Kier alpha value is -1.78. The number of carbonyl (C=O) groups excluding carboxylic acids is 1. The van der Waals surface area contributed by atoms with Crippen LogP contribution in [-0.2, 0) is 9.53 Å². The minimum atomic E-state index is -0.929. The molecule has 1 aliphatic carbocycles. The zero-order valence-corrected chi connectivity index (χ0v) is 15.3. The maximum atomic E-state index is 12.0. The van der Waals surface area contributed by atoms with Crippen LogP contribution in [0.3, 0.4) is 0 Å². The fourth-order valence-corrected chi connectivity index (χ4v) is 4.42. The van der Waals surface area contributed by atoms with Gasteiger partial charge in [-0.2, -0.15) is 0 Å². The number of thioether (sulfide) groups is 1. The smallest absolute Gasteiger partial charge is 0.331 e. The van der Waals surface area contributed by atoms with Gasteiger partial charge in [0, 0.05) is 15.9 Å². The monoisotopic (exact) mass is 356 g/mol. The first-order chi connectivity index (χ1) is 12.1. The van der Waals surface area contributed by atoms with Gasteiger partial charge < -0.3 is 9.84 Å². The van der Waals surface area contributed by atoms with Crippen LogP contribution in [0.1, 0.15) is 39.0 Å². The molecule has 0 saturated heterocycles. The van der Waals surface area contributed by atoms with E-state index >= 15 is 0 Å². The molecule has 1 saturated carbocycles. The first-order valence-corrected chi connectivity index (χ1v) is 9.70. The molecule has 0 aliphatic heterocycles. The summed E-state index contributed by atoms with van der Waals surface area (Å²) in [4.78, 5) is 13.7. The van der Waals surface area contributed by atoms with Crippen molar-refractivity contribution in [3.05, 3.63) is 53.4 Å². The summed E-state index contributed by atoms with van der Waals surface area (Å²) >= 11 is 1.47. The largest absolute Gasteiger partial charge is 0.463 e.